The number of benzene rings is 1. The Morgan fingerprint density at radius 3 is 2.67 bits per heavy atom. The Hall–Kier alpha value is -1.09. The number of nitrogens with two attached hydrogens (primary N) is 1. The summed E-state index contributed by atoms with van der Waals surface area (Å²) in [4.78, 5) is 2.11. The molecule has 0 saturated heterocycles. The van der Waals surface area contributed by atoms with E-state index < -0.39 is 0 Å². The average Bonchev–Trinajstić information content (AvgIpc) is 2.48. The van der Waals surface area contributed by atoms with Crippen LogP contribution >= 0.6 is 0 Å². The maximum atomic E-state index is 14.3. The third-order valence-corrected chi connectivity index (χ3v) is 4.72. The Kier molecular flexibility index (Phi) is 6.04. The lowest BCUT2D eigenvalue weighted by Gasteiger charge is -2.30. The summed E-state index contributed by atoms with van der Waals surface area (Å²) in [5.74, 6) is 0.588. The zero-order valence-corrected chi connectivity index (χ0v) is 13.4. The fraction of sp³-hybridized carbons (Fsp3) is 0.667. The van der Waals surface area contributed by atoms with Gasteiger partial charge in [0.25, 0.3) is 0 Å². The third kappa shape index (κ3) is 4.44. The Morgan fingerprint density at radius 2 is 2.00 bits per heavy atom. The molecule has 0 heterocycles. The number of para-hydroxylation sites is 1. The monoisotopic (exact) mass is 292 g/mol. The van der Waals surface area contributed by atoms with E-state index in [4.69, 9.17) is 5.73 Å². The zero-order chi connectivity index (χ0) is 15.2. The van der Waals surface area contributed by atoms with Crippen LogP contribution in [0.25, 0.3) is 0 Å². The summed E-state index contributed by atoms with van der Waals surface area (Å²) in [6, 6.07) is 5.48. The van der Waals surface area contributed by atoms with Gasteiger partial charge in [0.2, 0.25) is 0 Å². The van der Waals surface area contributed by atoms with E-state index in [1.54, 1.807) is 12.1 Å². The fourth-order valence-corrected chi connectivity index (χ4v) is 3.43. The van der Waals surface area contributed by atoms with Gasteiger partial charge in [0, 0.05) is 19.6 Å². The van der Waals surface area contributed by atoms with Gasteiger partial charge in [-0.2, -0.15) is 0 Å². The first kappa shape index (κ1) is 16.3. The van der Waals surface area contributed by atoms with Crippen LogP contribution in [0.15, 0.2) is 18.2 Å². The second-order valence-electron chi connectivity index (χ2n) is 6.50. The van der Waals surface area contributed by atoms with E-state index in [0.717, 1.165) is 30.6 Å². The molecule has 1 aromatic rings. The molecular formula is C18H29FN2. The molecule has 0 radical (unpaired) electrons. The highest BCUT2D eigenvalue weighted by Crippen LogP contribution is 2.29. The van der Waals surface area contributed by atoms with Crippen LogP contribution in [0.1, 0.15) is 51.0 Å². The summed E-state index contributed by atoms with van der Waals surface area (Å²) in [5, 5.41) is 0. The minimum atomic E-state index is -0.117. The first-order chi connectivity index (χ1) is 10.1. The molecule has 1 unspecified atom stereocenters. The maximum Gasteiger partial charge on any atom is 0.146 e. The Labute approximate surface area is 128 Å². The summed E-state index contributed by atoms with van der Waals surface area (Å²) in [6.07, 6.45) is 8.23. The Balaban J connectivity index is 2.12. The normalized spacial score (nSPS) is 17.7. The predicted octanol–water partition coefficient (Wildman–Crippen LogP) is 4.12. The topological polar surface area (TPSA) is 29.3 Å². The van der Waals surface area contributed by atoms with Gasteiger partial charge in [0.1, 0.15) is 5.82 Å². The third-order valence-electron chi connectivity index (χ3n) is 4.72. The molecule has 1 aromatic carbocycles. The molecule has 0 aliphatic heterocycles. The molecule has 0 bridgehead atoms. The van der Waals surface area contributed by atoms with E-state index in [1.165, 1.54) is 32.1 Å². The number of nitrogens with zero attached hydrogens (tertiary/aromatic N) is 1. The predicted molar refractivity (Wildman–Crippen MR) is 88.2 cm³/mol. The average molecular weight is 292 g/mol. The molecule has 1 fully saturated rings. The summed E-state index contributed by atoms with van der Waals surface area (Å²) in [6.45, 7) is 3.03. The van der Waals surface area contributed by atoms with Crippen molar-refractivity contribution in [3.8, 4) is 0 Å². The summed E-state index contributed by atoms with van der Waals surface area (Å²) in [7, 11) is 2.02. The van der Waals surface area contributed by atoms with Crippen molar-refractivity contribution in [2.24, 2.45) is 11.7 Å². The Morgan fingerprint density at radius 1 is 1.29 bits per heavy atom. The molecule has 118 valence electrons. The molecule has 0 aromatic heterocycles. The van der Waals surface area contributed by atoms with Crippen molar-refractivity contribution >= 4 is 5.69 Å². The van der Waals surface area contributed by atoms with Crippen LogP contribution in [0, 0.1) is 11.7 Å². The maximum absolute atomic E-state index is 14.3. The smallest absolute Gasteiger partial charge is 0.146 e. The van der Waals surface area contributed by atoms with E-state index >= 15 is 0 Å². The van der Waals surface area contributed by atoms with Crippen molar-refractivity contribution in [2.45, 2.75) is 57.9 Å². The molecule has 1 aliphatic rings. The van der Waals surface area contributed by atoms with E-state index in [1.807, 2.05) is 13.1 Å². The van der Waals surface area contributed by atoms with Gasteiger partial charge in [0.05, 0.1) is 5.69 Å². The van der Waals surface area contributed by atoms with Crippen molar-refractivity contribution in [1.29, 1.82) is 0 Å². The lowest BCUT2D eigenvalue weighted by atomic mass is 9.88. The van der Waals surface area contributed by atoms with E-state index in [9.17, 15) is 4.39 Å². The molecule has 0 amide bonds. The van der Waals surface area contributed by atoms with Gasteiger partial charge >= 0.3 is 0 Å². The molecular weight excluding hydrogens is 263 g/mol. The second kappa shape index (κ2) is 7.79. The lowest BCUT2D eigenvalue weighted by Crippen LogP contribution is -2.29. The number of rotatable bonds is 6. The molecule has 2 rings (SSSR count). The van der Waals surface area contributed by atoms with Crippen molar-refractivity contribution in [3.05, 3.63) is 29.6 Å². The Bertz CT molecular complexity index is 441. The van der Waals surface area contributed by atoms with Crippen molar-refractivity contribution in [3.63, 3.8) is 0 Å². The highest BCUT2D eigenvalue weighted by atomic mass is 19.1. The van der Waals surface area contributed by atoms with Gasteiger partial charge in [-0.15, -0.1) is 0 Å². The van der Waals surface area contributed by atoms with Crippen molar-refractivity contribution in [1.82, 2.24) is 0 Å². The summed E-state index contributed by atoms with van der Waals surface area (Å²) >= 11 is 0. The molecule has 1 saturated carbocycles. The minimum absolute atomic E-state index is 0.105. The number of hydrogen-bond donors (Lipinski definition) is 1. The van der Waals surface area contributed by atoms with E-state index in [2.05, 4.69) is 11.8 Å². The first-order valence-corrected chi connectivity index (χ1v) is 8.36. The largest absolute Gasteiger partial charge is 0.372 e. The molecule has 0 spiro atoms. The van der Waals surface area contributed by atoms with Gasteiger partial charge in [-0.25, -0.2) is 4.39 Å². The summed E-state index contributed by atoms with van der Waals surface area (Å²) in [5.41, 5.74) is 7.87. The highest BCUT2D eigenvalue weighted by molar-refractivity contribution is 5.54. The van der Waals surface area contributed by atoms with Crippen LogP contribution in [0.5, 0.6) is 0 Å². The van der Waals surface area contributed by atoms with E-state index in [0.29, 0.717) is 5.92 Å². The van der Waals surface area contributed by atoms with Gasteiger partial charge in [-0.1, -0.05) is 38.3 Å². The van der Waals surface area contributed by atoms with Gasteiger partial charge in [-0.3, -0.25) is 0 Å². The van der Waals surface area contributed by atoms with Gasteiger partial charge in [-0.05, 0) is 43.2 Å². The SMILES string of the molecule is CCC(N)Cc1cccc(F)c1N(C)CC1CCCCC1. The number of anilines is 1. The van der Waals surface area contributed by atoms with E-state index in [-0.39, 0.29) is 11.9 Å². The molecule has 1 aliphatic carbocycles. The van der Waals surface area contributed by atoms with Crippen molar-refractivity contribution < 1.29 is 4.39 Å². The first-order valence-electron chi connectivity index (χ1n) is 8.36. The molecule has 2 nitrogen and oxygen atoms in total. The van der Waals surface area contributed by atoms with Crippen LogP contribution in [-0.4, -0.2) is 19.6 Å². The lowest BCUT2D eigenvalue weighted by molar-refractivity contribution is 0.361. The van der Waals surface area contributed by atoms with Crippen molar-refractivity contribution in [2.75, 3.05) is 18.5 Å². The van der Waals surface area contributed by atoms with Crippen LogP contribution < -0.4 is 10.6 Å². The van der Waals surface area contributed by atoms with Gasteiger partial charge in [0.15, 0.2) is 0 Å². The van der Waals surface area contributed by atoms with Crippen LogP contribution in [0.3, 0.4) is 0 Å². The fourth-order valence-electron chi connectivity index (χ4n) is 3.43. The summed E-state index contributed by atoms with van der Waals surface area (Å²) < 4.78 is 14.3. The molecule has 3 heteroatoms. The highest BCUT2D eigenvalue weighted by Gasteiger charge is 2.19. The van der Waals surface area contributed by atoms with Crippen LogP contribution in [-0.2, 0) is 6.42 Å². The number of halogens is 1. The molecule has 2 N–H and O–H groups in total. The molecule has 1 atom stereocenters. The number of hydrogen-bond acceptors (Lipinski definition) is 2. The standard InChI is InChI=1S/C18H29FN2/c1-3-16(20)12-15-10-7-11-17(19)18(15)21(2)13-14-8-5-4-6-9-14/h7,10-11,14,16H,3-6,8-9,12-13,20H2,1-2H3. The van der Waals surface area contributed by atoms with Crippen LogP contribution in [0.2, 0.25) is 0 Å². The quantitative estimate of drug-likeness (QED) is 0.854. The minimum Gasteiger partial charge on any atom is -0.372 e. The molecule has 21 heavy (non-hydrogen) atoms. The van der Waals surface area contributed by atoms with Crippen LogP contribution in [0.4, 0.5) is 10.1 Å². The van der Waals surface area contributed by atoms with Gasteiger partial charge < -0.3 is 10.6 Å². The second-order valence-corrected chi connectivity index (χ2v) is 6.50. The zero-order valence-electron chi connectivity index (χ0n) is 13.4.